The summed E-state index contributed by atoms with van der Waals surface area (Å²) in [4.78, 5) is 8.10. The molecular formula is C13H12N4O. The molecule has 0 saturated heterocycles. The lowest BCUT2D eigenvalue weighted by Crippen LogP contribution is -1.97. The van der Waals surface area contributed by atoms with E-state index in [1.165, 1.54) is 0 Å². The molecule has 0 radical (unpaired) electrons. The van der Waals surface area contributed by atoms with Crippen LogP contribution in [0.4, 0.5) is 0 Å². The van der Waals surface area contributed by atoms with Crippen LogP contribution in [0.2, 0.25) is 0 Å². The molecule has 2 aromatic heterocycles. The first-order valence-electron chi connectivity index (χ1n) is 5.52. The van der Waals surface area contributed by atoms with Gasteiger partial charge in [0.25, 0.3) is 0 Å². The van der Waals surface area contributed by atoms with Crippen molar-refractivity contribution in [1.82, 2.24) is 19.1 Å². The number of ether oxygens (including phenoxy) is 1. The highest BCUT2D eigenvalue weighted by atomic mass is 16.5. The summed E-state index contributed by atoms with van der Waals surface area (Å²) in [6, 6.07) is 5.97. The molecule has 0 aliphatic carbocycles. The number of nitrogens with zero attached hydrogens (tertiary/aromatic N) is 4. The Balaban J connectivity index is 2.13. The smallest absolute Gasteiger partial charge is 0.123 e. The topological polar surface area (TPSA) is 44.9 Å². The molecule has 0 atom stereocenters. The number of hydrogen-bond donors (Lipinski definition) is 0. The van der Waals surface area contributed by atoms with E-state index in [4.69, 9.17) is 4.74 Å². The predicted molar refractivity (Wildman–Crippen MR) is 67.2 cm³/mol. The summed E-state index contributed by atoms with van der Waals surface area (Å²) in [6.45, 7) is 0. The van der Waals surface area contributed by atoms with E-state index < -0.39 is 0 Å². The zero-order valence-electron chi connectivity index (χ0n) is 9.89. The van der Waals surface area contributed by atoms with Gasteiger partial charge in [0.05, 0.1) is 31.1 Å². The van der Waals surface area contributed by atoms with Crippen LogP contribution in [-0.4, -0.2) is 26.2 Å². The van der Waals surface area contributed by atoms with Crippen molar-refractivity contribution in [2.45, 2.75) is 0 Å². The van der Waals surface area contributed by atoms with Crippen LogP contribution in [0.15, 0.2) is 55.6 Å². The van der Waals surface area contributed by atoms with Gasteiger partial charge in [-0.15, -0.1) is 0 Å². The fraction of sp³-hybridized carbons (Fsp3) is 0.0769. The number of methoxy groups -OCH3 is 1. The summed E-state index contributed by atoms with van der Waals surface area (Å²) in [7, 11) is 1.66. The van der Waals surface area contributed by atoms with Crippen molar-refractivity contribution in [2.24, 2.45) is 0 Å². The molecule has 5 heteroatoms. The van der Waals surface area contributed by atoms with Gasteiger partial charge in [0.1, 0.15) is 5.75 Å². The molecule has 3 aromatic rings. The molecule has 0 spiro atoms. The van der Waals surface area contributed by atoms with Gasteiger partial charge in [0.2, 0.25) is 0 Å². The second-order valence-corrected chi connectivity index (χ2v) is 3.83. The molecule has 0 amide bonds. The van der Waals surface area contributed by atoms with Gasteiger partial charge in [-0.1, -0.05) is 0 Å². The maximum absolute atomic E-state index is 5.32. The first kappa shape index (κ1) is 10.6. The van der Waals surface area contributed by atoms with Gasteiger partial charge >= 0.3 is 0 Å². The van der Waals surface area contributed by atoms with Crippen LogP contribution < -0.4 is 4.74 Å². The number of hydrogen-bond acceptors (Lipinski definition) is 3. The van der Waals surface area contributed by atoms with Gasteiger partial charge in [-0.25, -0.2) is 9.97 Å². The van der Waals surface area contributed by atoms with Crippen molar-refractivity contribution >= 4 is 0 Å². The third kappa shape index (κ3) is 1.86. The molecule has 1 aromatic carbocycles. The van der Waals surface area contributed by atoms with Crippen LogP contribution in [0.25, 0.3) is 11.4 Å². The predicted octanol–water partition coefficient (Wildman–Crippen LogP) is 2.07. The average molecular weight is 240 g/mol. The number of rotatable bonds is 3. The molecule has 0 aliphatic rings. The quantitative estimate of drug-likeness (QED) is 0.704. The molecule has 0 bridgehead atoms. The fourth-order valence-electron chi connectivity index (χ4n) is 1.81. The Labute approximate surface area is 104 Å². The van der Waals surface area contributed by atoms with Gasteiger partial charge in [-0.05, 0) is 6.07 Å². The second kappa shape index (κ2) is 4.37. The van der Waals surface area contributed by atoms with E-state index in [-0.39, 0.29) is 0 Å². The summed E-state index contributed by atoms with van der Waals surface area (Å²) in [5.74, 6) is 0.796. The largest absolute Gasteiger partial charge is 0.497 e. The lowest BCUT2D eigenvalue weighted by molar-refractivity contribution is 0.414. The lowest BCUT2D eigenvalue weighted by atomic mass is 10.2. The molecule has 90 valence electrons. The van der Waals surface area contributed by atoms with Crippen molar-refractivity contribution in [3.05, 3.63) is 55.6 Å². The minimum absolute atomic E-state index is 0.796. The highest BCUT2D eigenvalue weighted by molar-refractivity contribution is 5.50. The van der Waals surface area contributed by atoms with Gasteiger partial charge in [0.15, 0.2) is 0 Å². The molecule has 0 aliphatic heterocycles. The summed E-state index contributed by atoms with van der Waals surface area (Å²) in [5, 5.41) is 0. The fourth-order valence-corrected chi connectivity index (χ4v) is 1.81. The Kier molecular flexibility index (Phi) is 2.57. The maximum Gasteiger partial charge on any atom is 0.123 e. The van der Waals surface area contributed by atoms with Gasteiger partial charge in [0, 0.05) is 36.9 Å². The standard InChI is InChI=1S/C13H12N4O/c1-18-13-7-11(16-4-2-14-9-16)6-12(8-13)17-5-3-15-10-17/h2-10H,1H3. The van der Waals surface area contributed by atoms with E-state index in [0.717, 1.165) is 17.1 Å². The van der Waals surface area contributed by atoms with E-state index in [1.807, 2.05) is 39.7 Å². The van der Waals surface area contributed by atoms with Crippen LogP contribution in [0.5, 0.6) is 5.75 Å². The van der Waals surface area contributed by atoms with Gasteiger partial charge < -0.3 is 13.9 Å². The summed E-state index contributed by atoms with van der Waals surface area (Å²) < 4.78 is 9.19. The monoisotopic (exact) mass is 240 g/mol. The first-order valence-corrected chi connectivity index (χ1v) is 5.52. The second-order valence-electron chi connectivity index (χ2n) is 3.83. The van der Waals surface area contributed by atoms with Crippen molar-refractivity contribution in [1.29, 1.82) is 0 Å². The molecular weight excluding hydrogens is 228 g/mol. The third-order valence-electron chi connectivity index (χ3n) is 2.72. The molecule has 0 N–H and O–H groups in total. The Morgan fingerprint density at radius 1 is 0.889 bits per heavy atom. The van der Waals surface area contributed by atoms with Gasteiger partial charge in [-0.3, -0.25) is 0 Å². The lowest BCUT2D eigenvalue weighted by Gasteiger charge is -2.10. The normalized spacial score (nSPS) is 10.5. The van der Waals surface area contributed by atoms with Crippen LogP contribution in [-0.2, 0) is 0 Å². The maximum atomic E-state index is 5.32. The Hall–Kier alpha value is -2.56. The molecule has 5 nitrogen and oxygen atoms in total. The van der Waals surface area contributed by atoms with Crippen LogP contribution >= 0.6 is 0 Å². The van der Waals surface area contributed by atoms with E-state index in [2.05, 4.69) is 9.97 Å². The highest BCUT2D eigenvalue weighted by Gasteiger charge is 2.04. The van der Waals surface area contributed by atoms with E-state index in [1.54, 1.807) is 32.2 Å². The highest BCUT2D eigenvalue weighted by Crippen LogP contribution is 2.22. The zero-order valence-corrected chi connectivity index (χ0v) is 9.89. The van der Waals surface area contributed by atoms with E-state index in [9.17, 15) is 0 Å². The number of benzene rings is 1. The SMILES string of the molecule is COc1cc(-n2ccnc2)cc(-n2ccnc2)c1. The first-order chi connectivity index (χ1) is 8.86. The molecule has 18 heavy (non-hydrogen) atoms. The Morgan fingerprint density at radius 3 is 1.83 bits per heavy atom. The third-order valence-corrected chi connectivity index (χ3v) is 2.72. The summed E-state index contributed by atoms with van der Waals surface area (Å²) in [6.07, 6.45) is 10.8. The minimum atomic E-state index is 0.796. The van der Waals surface area contributed by atoms with E-state index >= 15 is 0 Å². The Morgan fingerprint density at radius 2 is 1.44 bits per heavy atom. The average Bonchev–Trinajstić information content (AvgIpc) is 3.10. The van der Waals surface area contributed by atoms with Gasteiger partial charge in [-0.2, -0.15) is 0 Å². The summed E-state index contributed by atoms with van der Waals surface area (Å²) in [5.41, 5.74) is 1.99. The van der Waals surface area contributed by atoms with Crippen LogP contribution in [0, 0.1) is 0 Å². The summed E-state index contributed by atoms with van der Waals surface area (Å²) >= 11 is 0. The molecule has 0 saturated carbocycles. The molecule has 2 heterocycles. The van der Waals surface area contributed by atoms with Crippen molar-refractivity contribution in [2.75, 3.05) is 7.11 Å². The van der Waals surface area contributed by atoms with Crippen LogP contribution in [0.1, 0.15) is 0 Å². The number of imidazole rings is 2. The Bertz CT molecular complexity index is 577. The van der Waals surface area contributed by atoms with Crippen molar-refractivity contribution in [3.63, 3.8) is 0 Å². The zero-order chi connectivity index (χ0) is 12.4. The van der Waals surface area contributed by atoms with Crippen molar-refractivity contribution < 1.29 is 4.74 Å². The van der Waals surface area contributed by atoms with Crippen molar-refractivity contribution in [3.8, 4) is 17.1 Å². The van der Waals surface area contributed by atoms with E-state index in [0.29, 0.717) is 0 Å². The molecule has 0 fully saturated rings. The van der Waals surface area contributed by atoms with Crippen LogP contribution in [0.3, 0.4) is 0 Å². The minimum Gasteiger partial charge on any atom is -0.497 e. The molecule has 0 unspecified atom stereocenters. The molecule has 3 rings (SSSR count). The number of aromatic nitrogens is 4.